The molecule has 1 heterocycles. The van der Waals surface area contributed by atoms with Gasteiger partial charge < -0.3 is 15.0 Å². The normalized spacial score (nSPS) is 16.5. The molecule has 0 bridgehead atoms. The van der Waals surface area contributed by atoms with Gasteiger partial charge in [-0.1, -0.05) is 60.7 Å². The van der Waals surface area contributed by atoms with Gasteiger partial charge in [0.25, 0.3) is 0 Å². The fraction of sp³-hybridized carbons (Fsp3) is 0.267. The summed E-state index contributed by atoms with van der Waals surface area (Å²) < 4.78 is 47.0. The molecular weight excluding hydrogens is 461 g/mol. The largest absolute Gasteiger partial charge is 0.486 e. The van der Waals surface area contributed by atoms with Crippen molar-refractivity contribution in [2.45, 2.75) is 38.6 Å². The Labute approximate surface area is 209 Å². The molecule has 6 heteroatoms. The molecule has 0 aromatic heterocycles. The topological polar surface area (TPSA) is 24.5 Å². The van der Waals surface area contributed by atoms with E-state index >= 15 is 0 Å². The number of rotatable bonds is 6. The van der Waals surface area contributed by atoms with Crippen LogP contribution in [-0.4, -0.2) is 19.2 Å². The van der Waals surface area contributed by atoms with Gasteiger partial charge in [-0.15, -0.1) is 0 Å². The van der Waals surface area contributed by atoms with E-state index in [1.54, 1.807) is 12.1 Å². The lowest BCUT2D eigenvalue weighted by Gasteiger charge is -2.37. The highest BCUT2D eigenvalue weighted by Gasteiger charge is 2.34. The molecule has 0 spiro atoms. The first-order chi connectivity index (χ1) is 17.3. The smallest absolute Gasteiger partial charge is 0.416 e. The Balaban J connectivity index is 1.32. The molecule has 0 fully saturated rings. The number of halogens is 3. The maximum atomic E-state index is 13.6. The van der Waals surface area contributed by atoms with Crippen LogP contribution in [0.5, 0.6) is 5.75 Å². The highest BCUT2D eigenvalue weighted by molar-refractivity contribution is 5.86. The maximum absolute atomic E-state index is 13.6. The molecule has 1 N–H and O–H groups in total. The van der Waals surface area contributed by atoms with Gasteiger partial charge in [-0.05, 0) is 73.0 Å². The molecule has 2 unspecified atom stereocenters. The molecule has 2 atom stereocenters. The van der Waals surface area contributed by atoms with Crippen molar-refractivity contribution in [3.8, 4) is 5.75 Å². The SMILES string of the molecule is Cc1ccc(N2CC(CCNC(C)c3cccc4ccccc34)Oc3ccccc32)cc1C(F)(F)F. The van der Waals surface area contributed by atoms with E-state index in [0.717, 1.165) is 12.1 Å². The maximum Gasteiger partial charge on any atom is 0.416 e. The second-order valence-electron chi connectivity index (χ2n) is 9.35. The van der Waals surface area contributed by atoms with Crippen LogP contribution in [0, 0.1) is 6.92 Å². The number of nitrogens with zero attached hydrogens (tertiary/aromatic N) is 1. The van der Waals surface area contributed by atoms with E-state index in [-0.39, 0.29) is 17.7 Å². The van der Waals surface area contributed by atoms with Crippen molar-refractivity contribution in [1.82, 2.24) is 5.32 Å². The van der Waals surface area contributed by atoms with E-state index < -0.39 is 11.7 Å². The Bertz CT molecular complexity index is 1360. The van der Waals surface area contributed by atoms with E-state index in [1.165, 1.54) is 29.3 Å². The molecule has 3 nitrogen and oxygen atoms in total. The van der Waals surface area contributed by atoms with Gasteiger partial charge in [0, 0.05) is 11.7 Å². The van der Waals surface area contributed by atoms with Gasteiger partial charge in [0.2, 0.25) is 0 Å². The summed E-state index contributed by atoms with van der Waals surface area (Å²) in [6, 6.07) is 26.9. The third kappa shape index (κ3) is 4.91. The lowest BCUT2D eigenvalue weighted by Crippen LogP contribution is -2.39. The molecule has 36 heavy (non-hydrogen) atoms. The molecule has 0 amide bonds. The molecule has 0 saturated heterocycles. The number of hydrogen-bond donors (Lipinski definition) is 1. The lowest BCUT2D eigenvalue weighted by molar-refractivity contribution is -0.138. The molecule has 4 aromatic carbocycles. The Morgan fingerprint density at radius 1 is 0.972 bits per heavy atom. The molecule has 0 aliphatic carbocycles. The van der Waals surface area contributed by atoms with Crippen LogP contribution in [0.4, 0.5) is 24.5 Å². The summed E-state index contributed by atoms with van der Waals surface area (Å²) in [5, 5.41) is 6.05. The van der Waals surface area contributed by atoms with Crippen molar-refractivity contribution < 1.29 is 17.9 Å². The summed E-state index contributed by atoms with van der Waals surface area (Å²) in [6.07, 6.45) is -3.84. The zero-order valence-corrected chi connectivity index (χ0v) is 20.3. The fourth-order valence-electron chi connectivity index (χ4n) is 4.98. The van der Waals surface area contributed by atoms with Crippen LogP contribution in [-0.2, 0) is 6.18 Å². The minimum absolute atomic E-state index is 0.148. The summed E-state index contributed by atoms with van der Waals surface area (Å²) in [5.41, 5.74) is 2.15. The van der Waals surface area contributed by atoms with Crippen LogP contribution in [0.2, 0.25) is 0 Å². The van der Waals surface area contributed by atoms with Gasteiger partial charge in [0.1, 0.15) is 11.9 Å². The fourth-order valence-corrected chi connectivity index (χ4v) is 4.98. The number of nitrogens with one attached hydrogen (secondary N) is 1. The first-order valence-electron chi connectivity index (χ1n) is 12.2. The van der Waals surface area contributed by atoms with Gasteiger partial charge >= 0.3 is 6.18 Å². The highest BCUT2D eigenvalue weighted by Crippen LogP contribution is 2.41. The Morgan fingerprint density at radius 2 is 1.72 bits per heavy atom. The van der Waals surface area contributed by atoms with Gasteiger partial charge in [-0.3, -0.25) is 0 Å². The minimum atomic E-state index is -4.40. The molecule has 1 aliphatic heterocycles. The van der Waals surface area contributed by atoms with Crippen LogP contribution in [0.3, 0.4) is 0 Å². The summed E-state index contributed by atoms with van der Waals surface area (Å²) >= 11 is 0. The van der Waals surface area contributed by atoms with Crippen molar-refractivity contribution in [3.63, 3.8) is 0 Å². The first-order valence-corrected chi connectivity index (χ1v) is 12.2. The third-order valence-corrected chi connectivity index (χ3v) is 6.88. The average molecular weight is 491 g/mol. The van der Waals surface area contributed by atoms with Crippen molar-refractivity contribution in [3.05, 3.63) is 102 Å². The second-order valence-corrected chi connectivity index (χ2v) is 9.35. The van der Waals surface area contributed by atoms with Crippen molar-refractivity contribution >= 4 is 22.1 Å². The number of anilines is 2. The number of ether oxygens (including phenoxy) is 1. The standard InChI is InChI=1S/C30H29F3N2O/c1-20-14-15-23(18-27(20)30(31,32)33)35-19-24(36-29-13-6-5-12-28(29)35)16-17-34-21(2)25-11-7-9-22-8-3-4-10-26(22)25/h3-15,18,21,24,34H,16-17,19H2,1-2H3. The van der Waals surface area contributed by atoms with Crippen molar-refractivity contribution in [2.75, 3.05) is 18.0 Å². The quantitative estimate of drug-likeness (QED) is 0.298. The van der Waals surface area contributed by atoms with E-state index in [9.17, 15) is 13.2 Å². The van der Waals surface area contributed by atoms with Crippen LogP contribution in [0.25, 0.3) is 10.8 Å². The summed E-state index contributed by atoms with van der Waals surface area (Å²) in [7, 11) is 0. The van der Waals surface area contributed by atoms with Gasteiger partial charge in [-0.2, -0.15) is 13.2 Å². The van der Waals surface area contributed by atoms with Crippen LogP contribution < -0.4 is 15.0 Å². The Morgan fingerprint density at radius 3 is 2.56 bits per heavy atom. The number of alkyl halides is 3. The molecule has 5 rings (SSSR count). The van der Waals surface area contributed by atoms with Gasteiger partial charge in [0.05, 0.1) is 17.8 Å². The van der Waals surface area contributed by atoms with Gasteiger partial charge in [0.15, 0.2) is 0 Å². The number of para-hydroxylation sites is 2. The van der Waals surface area contributed by atoms with Crippen molar-refractivity contribution in [1.29, 1.82) is 0 Å². The first kappa shape index (κ1) is 24.2. The highest BCUT2D eigenvalue weighted by atomic mass is 19.4. The Kier molecular flexibility index (Phi) is 6.63. The molecular formula is C30H29F3N2O. The average Bonchev–Trinajstić information content (AvgIpc) is 2.87. The minimum Gasteiger partial charge on any atom is -0.486 e. The number of fused-ring (bicyclic) bond motifs is 2. The third-order valence-electron chi connectivity index (χ3n) is 6.88. The lowest BCUT2D eigenvalue weighted by atomic mass is 9.99. The zero-order valence-electron chi connectivity index (χ0n) is 20.3. The predicted octanol–water partition coefficient (Wildman–Crippen LogP) is 7.81. The van der Waals surface area contributed by atoms with E-state index in [0.29, 0.717) is 24.5 Å². The molecule has 186 valence electrons. The molecule has 1 aliphatic rings. The van der Waals surface area contributed by atoms with Crippen molar-refractivity contribution in [2.24, 2.45) is 0 Å². The summed E-state index contributed by atoms with van der Waals surface area (Å²) in [4.78, 5) is 1.94. The molecule has 0 radical (unpaired) electrons. The van der Waals surface area contributed by atoms with E-state index in [1.807, 2.05) is 35.2 Å². The monoisotopic (exact) mass is 490 g/mol. The summed E-state index contributed by atoms with van der Waals surface area (Å²) in [6.45, 7) is 4.83. The number of aryl methyl sites for hydroxylation is 1. The summed E-state index contributed by atoms with van der Waals surface area (Å²) in [5.74, 6) is 0.685. The van der Waals surface area contributed by atoms with Crippen LogP contribution >= 0.6 is 0 Å². The van der Waals surface area contributed by atoms with E-state index in [2.05, 4.69) is 48.6 Å². The predicted molar refractivity (Wildman–Crippen MR) is 139 cm³/mol. The molecule has 0 saturated carbocycles. The number of hydrogen-bond acceptors (Lipinski definition) is 3. The van der Waals surface area contributed by atoms with Crippen LogP contribution in [0.1, 0.15) is 36.1 Å². The second kappa shape index (κ2) is 9.86. The van der Waals surface area contributed by atoms with Gasteiger partial charge in [-0.25, -0.2) is 0 Å². The Hall–Kier alpha value is -3.51. The van der Waals surface area contributed by atoms with E-state index in [4.69, 9.17) is 4.74 Å². The zero-order chi connectivity index (χ0) is 25.3. The van der Waals surface area contributed by atoms with Crippen LogP contribution in [0.15, 0.2) is 84.9 Å². The number of benzene rings is 4. The molecule has 4 aromatic rings.